The molecular weight excluding hydrogens is 416 g/mol. The minimum Gasteiger partial charge on any atom is -0.384 e. The number of halogens is 1. The molecule has 0 aliphatic rings. The van der Waals surface area contributed by atoms with Crippen LogP contribution in [0.5, 0.6) is 0 Å². The van der Waals surface area contributed by atoms with E-state index in [2.05, 4.69) is 28.6 Å². The Kier molecular flexibility index (Phi) is 6.64. The fraction of sp³-hybridized carbons (Fsp3) is 0.200. The fourth-order valence-corrected chi connectivity index (χ4v) is 4.51. The smallest absolute Gasteiger partial charge is 0.109 e. The van der Waals surface area contributed by atoms with Gasteiger partial charge in [-0.05, 0) is 30.7 Å². The van der Waals surface area contributed by atoms with Gasteiger partial charge in [0.05, 0.1) is 9.39 Å². The molecule has 2 aromatic heterocycles. The number of aliphatic hydroxyl groups excluding tert-OH is 1. The molecule has 7 heteroatoms. The van der Waals surface area contributed by atoms with E-state index < -0.39 is 0 Å². The van der Waals surface area contributed by atoms with E-state index in [4.69, 9.17) is 41.1 Å². The van der Waals surface area contributed by atoms with Gasteiger partial charge < -0.3 is 15.0 Å². The Morgan fingerprint density at radius 2 is 2.07 bits per heavy atom. The predicted molar refractivity (Wildman–Crippen MR) is 120 cm³/mol. The summed E-state index contributed by atoms with van der Waals surface area (Å²) in [7, 11) is 0. The van der Waals surface area contributed by atoms with Crippen LogP contribution in [-0.4, -0.2) is 21.3 Å². The van der Waals surface area contributed by atoms with Crippen LogP contribution in [0.1, 0.15) is 22.9 Å². The number of rotatable bonds is 4. The minimum atomic E-state index is -0.160. The predicted octanol–water partition coefficient (Wildman–Crippen LogP) is 4.91. The van der Waals surface area contributed by atoms with Crippen molar-refractivity contribution in [3.8, 4) is 11.8 Å². The third kappa shape index (κ3) is 4.57. The number of nitrogens with one attached hydrogen (secondary N) is 1. The number of aryl methyl sites for hydroxylation is 1. The molecule has 0 aliphatic heterocycles. The van der Waals surface area contributed by atoms with E-state index in [1.165, 1.54) is 0 Å². The second kappa shape index (κ2) is 8.96. The van der Waals surface area contributed by atoms with Crippen LogP contribution in [0.25, 0.3) is 10.2 Å². The number of benzene rings is 1. The SMILES string of the molecule is CCn1cc(C(=S)NCc2ccc(Cl)cc2)c(=S)c2cc(C#CCO)sc21. The third-order valence-electron chi connectivity index (χ3n) is 3.99. The molecule has 1 aromatic carbocycles. The van der Waals surface area contributed by atoms with E-state index in [0.717, 1.165) is 37.3 Å². The van der Waals surface area contributed by atoms with Crippen molar-refractivity contribution in [1.82, 2.24) is 9.88 Å². The van der Waals surface area contributed by atoms with Gasteiger partial charge in [-0.3, -0.25) is 0 Å². The zero-order chi connectivity index (χ0) is 19.4. The maximum atomic E-state index is 8.92. The molecule has 27 heavy (non-hydrogen) atoms. The highest BCUT2D eigenvalue weighted by atomic mass is 35.5. The fourth-order valence-electron chi connectivity index (χ4n) is 2.64. The van der Waals surface area contributed by atoms with Crippen LogP contribution in [0.15, 0.2) is 36.5 Å². The lowest BCUT2D eigenvalue weighted by Gasteiger charge is -2.12. The molecule has 0 amide bonds. The Balaban J connectivity index is 1.93. The first kappa shape index (κ1) is 20.0. The molecule has 0 unspecified atom stereocenters. The van der Waals surface area contributed by atoms with Crippen molar-refractivity contribution in [3.63, 3.8) is 0 Å². The monoisotopic (exact) mass is 432 g/mol. The highest BCUT2D eigenvalue weighted by Gasteiger charge is 2.12. The first-order valence-corrected chi connectivity index (χ1v) is 10.3. The Morgan fingerprint density at radius 3 is 2.74 bits per heavy atom. The van der Waals surface area contributed by atoms with Crippen molar-refractivity contribution in [1.29, 1.82) is 0 Å². The molecule has 3 aromatic rings. The van der Waals surface area contributed by atoms with Gasteiger partial charge in [0.25, 0.3) is 0 Å². The third-order valence-corrected chi connectivity index (χ3v) is 6.13. The van der Waals surface area contributed by atoms with Crippen LogP contribution < -0.4 is 5.32 Å². The molecular formula is C20H17ClN2OS3. The summed E-state index contributed by atoms with van der Waals surface area (Å²) < 4.78 is 2.85. The van der Waals surface area contributed by atoms with E-state index in [-0.39, 0.29) is 6.61 Å². The van der Waals surface area contributed by atoms with E-state index >= 15 is 0 Å². The van der Waals surface area contributed by atoms with Crippen LogP contribution in [0.4, 0.5) is 0 Å². The van der Waals surface area contributed by atoms with Gasteiger partial charge in [-0.15, -0.1) is 11.3 Å². The van der Waals surface area contributed by atoms with Crippen LogP contribution in [-0.2, 0) is 13.1 Å². The Hall–Kier alpha value is -1.75. The molecule has 138 valence electrons. The summed E-state index contributed by atoms with van der Waals surface area (Å²) in [5.74, 6) is 5.65. The minimum absolute atomic E-state index is 0.160. The van der Waals surface area contributed by atoms with E-state index in [9.17, 15) is 0 Å². The summed E-state index contributed by atoms with van der Waals surface area (Å²) in [6.07, 6.45) is 2.00. The highest BCUT2D eigenvalue weighted by molar-refractivity contribution is 7.80. The lowest BCUT2D eigenvalue weighted by Crippen LogP contribution is -2.22. The van der Waals surface area contributed by atoms with E-state index in [1.54, 1.807) is 11.3 Å². The molecule has 0 fully saturated rings. The standard InChI is InChI=1S/C20H17ClN2OS3/c1-2-23-12-17(19(26)22-11-13-5-7-14(21)8-6-13)18(25)16-10-15(4-3-9-24)27-20(16)23/h5-8,10,12,24H,2,9,11H2,1H3,(H,22,26). The summed E-state index contributed by atoms with van der Waals surface area (Å²) in [5.41, 5.74) is 1.93. The largest absolute Gasteiger partial charge is 0.384 e. The van der Waals surface area contributed by atoms with Crippen molar-refractivity contribution < 1.29 is 5.11 Å². The summed E-state index contributed by atoms with van der Waals surface area (Å²) in [5, 5.41) is 13.9. The summed E-state index contributed by atoms with van der Waals surface area (Å²) >= 11 is 18.8. The van der Waals surface area contributed by atoms with Gasteiger partial charge in [-0.25, -0.2) is 0 Å². The Morgan fingerprint density at radius 1 is 1.33 bits per heavy atom. The number of hydrogen-bond acceptors (Lipinski definition) is 4. The average Bonchev–Trinajstić information content (AvgIpc) is 3.11. The molecule has 0 bridgehead atoms. The quantitative estimate of drug-likeness (QED) is 0.453. The first-order chi connectivity index (χ1) is 13.0. The van der Waals surface area contributed by atoms with Gasteiger partial charge in [0.2, 0.25) is 0 Å². The molecule has 2 heterocycles. The lowest BCUT2D eigenvalue weighted by molar-refractivity contribution is 0.350. The zero-order valence-corrected chi connectivity index (χ0v) is 17.8. The first-order valence-electron chi connectivity index (χ1n) is 8.32. The van der Waals surface area contributed by atoms with Gasteiger partial charge in [-0.1, -0.05) is 60.0 Å². The number of hydrogen-bond donors (Lipinski definition) is 2. The molecule has 0 saturated heterocycles. The second-order valence-electron chi connectivity index (χ2n) is 5.76. The zero-order valence-electron chi connectivity index (χ0n) is 14.6. The van der Waals surface area contributed by atoms with Gasteiger partial charge in [0, 0.05) is 35.3 Å². The number of aliphatic hydroxyl groups is 1. The van der Waals surface area contributed by atoms with Crippen molar-refractivity contribution in [2.75, 3.05) is 6.61 Å². The summed E-state index contributed by atoms with van der Waals surface area (Å²) in [6, 6.07) is 9.62. The van der Waals surface area contributed by atoms with Gasteiger partial charge in [0.15, 0.2) is 0 Å². The Labute approximate surface area is 177 Å². The number of aromatic nitrogens is 1. The van der Waals surface area contributed by atoms with Crippen molar-refractivity contribution >= 4 is 62.6 Å². The van der Waals surface area contributed by atoms with Gasteiger partial charge in [-0.2, -0.15) is 0 Å². The molecule has 0 aliphatic carbocycles. The molecule has 3 nitrogen and oxygen atoms in total. The van der Waals surface area contributed by atoms with Crippen molar-refractivity contribution in [2.24, 2.45) is 0 Å². The molecule has 2 N–H and O–H groups in total. The van der Waals surface area contributed by atoms with Crippen molar-refractivity contribution in [2.45, 2.75) is 20.0 Å². The molecule has 0 spiro atoms. The van der Waals surface area contributed by atoms with Crippen LogP contribution in [0.2, 0.25) is 5.02 Å². The summed E-state index contributed by atoms with van der Waals surface area (Å²) in [6.45, 7) is 3.32. The van der Waals surface area contributed by atoms with E-state index in [1.807, 2.05) is 36.5 Å². The van der Waals surface area contributed by atoms with Gasteiger partial charge >= 0.3 is 0 Å². The number of fused-ring (bicyclic) bond motifs is 1. The maximum absolute atomic E-state index is 8.92. The van der Waals surface area contributed by atoms with E-state index in [0.29, 0.717) is 16.6 Å². The maximum Gasteiger partial charge on any atom is 0.109 e. The summed E-state index contributed by atoms with van der Waals surface area (Å²) in [4.78, 5) is 2.56. The number of thiophene rings is 1. The lowest BCUT2D eigenvalue weighted by atomic mass is 10.2. The number of thiocarbonyl (C=S) groups is 1. The van der Waals surface area contributed by atoms with Crippen LogP contribution in [0.3, 0.4) is 0 Å². The normalized spacial score (nSPS) is 10.5. The molecule has 0 saturated carbocycles. The highest BCUT2D eigenvalue weighted by Crippen LogP contribution is 2.28. The second-order valence-corrected chi connectivity index (χ2v) is 8.04. The molecule has 0 radical (unpaired) electrons. The molecule has 3 rings (SSSR count). The van der Waals surface area contributed by atoms with Crippen molar-refractivity contribution in [3.05, 3.63) is 62.1 Å². The number of pyridine rings is 1. The van der Waals surface area contributed by atoms with Crippen LogP contribution >= 0.6 is 47.4 Å². The molecule has 0 atom stereocenters. The van der Waals surface area contributed by atoms with Crippen LogP contribution in [0, 0.1) is 16.4 Å². The average molecular weight is 433 g/mol. The number of nitrogens with zero attached hydrogens (tertiary/aromatic N) is 1. The Bertz CT molecular complexity index is 1100. The van der Waals surface area contributed by atoms with Gasteiger partial charge in [0.1, 0.15) is 16.4 Å². The topological polar surface area (TPSA) is 37.2 Å².